The summed E-state index contributed by atoms with van der Waals surface area (Å²) in [6.45, 7) is 4.62. The van der Waals surface area contributed by atoms with Gasteiger partial charge in [0.05, 0.1) is 0 Å². The molecule has 1 saturated heterocycles. The first-order chi connectivity index (χ1) is 10.7. The van der Waals surface area contributed by atoms with Crippen LogP contribution in [0.2, 0.25) is 0 Å². The van der Waals surface area contributed by atoms with Gasteiger partial charge in [-0.2, -0.15) is 0 Å². The Labute approximate surface area is 129 Å². The summed E-state index contributed by atoms with van der Waals surface area (Å²) < 4.78 is 0. The van der Waals surface area contributed by atoms with Crippen molar-refractivity contribution in [2.75, 3.05) is 36.4 Å². The number of anilines is 3. The van der Waals surface area contributed by atoms with E-state index in [1.807, 2.05) is 35.2 Å². The van der Waals surface area contributed by atoms with Crippen LogP contribution in [-0.2, 0) is 4.79 Å². The molecule has 3 heterocycles. The quantitative estimate of drug-likeness (QED) is 0.920. The van der Waals surface area contributed by atoms with E-state index in [2.05, 4.69) is 25.4 Å². The molecule has 0 saturated carbocycles. The number of hydrogen-bond donors (Lipinski definition) is 1. The van der Waals surface area contributed by atoms with Crippen molar-refractivity contribution in [1.29, 1.82) is 0 Å². The van der Waals surface area contributed by atoms with Crippen molar-refractivity contribution in [3.05, 3.63) is 36.5 Å². The molecule has 0 atom stereocenters. The molecule has 0 aromatic carbocycles. The fraction of sp³-hybridized carbons (Fsp3) is 0.333. The molecule has 2 aromatic heterocycles. The Kier molecular flexibility index (Phi) is 4.13. The summed E-state index contributed by atoms with van der Waals surface area (Å²) in [6.07, 6.45) is 1.72. The molecule has 7 nitrogen and oxygen atoms in total. The minimum Gasteiger partial charge on any atom is -0.352 e. The number of carbonyl (C=O) groups is 1. The lowest BCUT2D eigenvalue weighted by Crippen LogP contribution is -2.48. The van der Waals surface area contributed by atoms with Gasteiger partial charge in [-0.1, -0.05) is 6.07 Å². The van der Waals surface area contributed by atoms with Gasteiger partial charge >= 0.3 is 0 Å². The molecule has 0 aliphatic carbocycles. The topological polar surface area (TPSA) is 74.2 Å². The van der Waals surface area contributed by atoms with Crippen LogP contribution < -0.4 is 10.2 Å². The number of carbonyl (C=O) groups excluding carboxylic acids is 1. The van der Waals surface area contributed by atoms with Crippen LogP contribution in [0.3, 0.4) is 0 Å². The maximum Gasteiger partial charge on any atom is 0.219 e. The van der Waals surface area contributed by atoms with Crippen LogP contribution >= 0.6 is 0 Å². The summed E-state index contributed by atoms with van der Waals surface area (Å²) >= 11 is 0. The molecule has 0 unspecified atom stereocenters. The number of rotatable bonds is 3. The molecular weight excluding hydrogens is 280 g/mol. The van der Waals surface area contributed by atoms with E-state index in [9.17, 15) is 4.79 Å². The zero-order chi connectivity index (χ0) is 15.4. The normalized spacial score (nSPS) is 14.8. The predicted molar refractivity (Wildman–Crippen MR) is 84.0 cm³/mol. The van der Waals surface area contributed by atoms with Crippen LogP contribution in [0, 0.1) is 0 Å². The number of amides is 1. The molecule has 1 aliphatic rings. The van der Waals surface area contributed by atoms with Crippen molar-refractivity contribution in [2.24, 2.45) is 0 Å². The second-order valence-electron chi connectivity index (χ2n) is 5.11. The highest BCUT2D eigenvalue weighted by Gasteiger charge is 2.19. The van der Waals surface area contributed by atoms with Gasteiger partial charge in [-0.25, -0.2) is 4.98 Å². The van der Waals surface area contributed by atoms with Crippen LogP contribution in [0.4, 0.5) is 17.5 Å². The van der Waals surface area contributed by atoms with Crippen LogP contribution in [-0.4, -0.2) is 52.2 Å². The van der Waals surface area contributed by atoms with Gasteiger partial charge in [0.1, 0.15) is 5.82 Å². The molecule has 1 fully saturated rings. The maximum atomic E-state index is 11.3. The summed E-state index contributed by atoms with van der Waals surface area (Å²) in [5.41, 5.74) is 0. The highest BCUT2D eigenvalue weighted by molar-refractivity contribution is 5.73. The number of aromatic nitrogens is 3. The summed E-state index contributed by atoms with van der Waals surface area (Å²) in [5.74, 6) is 2.35. The fourth-order valence-corrected chi connectivity index (χ4v) is 2.38. The number of pyridine rings is 1. The summed E-state index contributed by atoms with van der Waals surface area (Å²) in [6, 6.07) is 9.46. The van der Waals surface area contributed by atoms with Gasteiger partial charge in [-0.3, -0.25) is 4.79 Å². The highest BCUT2D eigenvalue weighted by atomic mass is 16.2. The number of nitrogens with one attached hydrogen (secondary N) is 1. The van der Waals surface area contributed by atoms with Crippen molar-refractivity contribution < 1.29 is 4.79 Å². The SMILES string of the molecule is CC(=O)N1CCN(c2ccc(Nc3ccccn3)nn2)CC1. The molecular formula is C15H18N6O. The molecule has 22 heavy (non-hydrogen) atoms. The van der Waals surface area contributed by atoms with Crippen LogP contribution in [0.25, 0.3) is 0 Å². The lowest BCUT2D eigenvalue weighted by Gasteiger charge is -2.34. The first-order valence-electron chi connectivity index (χ1n) is 7.24. The van der Waals surface area contributed by atoms with Crippen molar-refractivity contribution in [2.45, 2.75) is 6.92 Å². The molecule has 1 amide bonds. The van der Waals surface area contributed by atoms with E-state index in [0.29, 0.717) is 5.82 Å². The zero-order valence-corrected chi connectivity index (χ0v) is 12.4. The van der Waals surface area contributed by atoms with Crippen LogP contribution in [0.15, 0.2) is 36.5 Å². The molecule has 3 rings (SSSR count). The third kappa shape index (κ3) is 3.30. The first kappa shape index (κ1) is 14.2. The van der Waals surface area contributed by atoms with E-state index >= 15 is 0 Å². The van der Waals surface area contributed by atoms with Crippen molar-refractivity contribution in [1.82, 2.24) is 20.1 Å². The summed E-state index contributed by atoms with van der Waals surface area (Å²) in [7, 11) is 0. The average molecular weight is 298 g/mol. The third-order valence-corrected chi connectivity index (χ3v) is 3.62. The van der Waals surface area contributed by atoms with Gasteiger partial charge in [-0.15, -0.1) is 10.2 Å². The van der Waals surface area contributed by atoms with Gasteiger partial charge in [0.15, 0.2) is 11.6 Å². The molecule has 2 aromatic rings. The van der Waals surface area contributed by atoms with E-state index in [4.69, 9.17) is 0 Å². The zero-order valence-electron chi connectivity index (χ0n) is 12.4. The van der Waals surface area contributed by atoms with Crippen molar-refractivity contribution >= 4 is 23.4 Å². The van der Waals surface area contributed by atoms with Crippen LogP contribution in [0.1, 0.15) is 6.92 Å². The van der Waals surface area contributed by atoms with E-state index in [-0.39, 0.29) is 5.91 Å². The van der Waals surface area contributed by atoms with Crippen LogP contribution in [0.5, 0.6) is 0 Å². The van der Waals surface area contributed by atoms with Gasteiger partial charge in [0.25, 0.3) is 0 Å². The average Bonchev–Trinajstić information content (AvgIpc) is 2.57. The van der Waals surface area contributed by atoms with Gasteiger partial charge in [-0.05, 0) is 24.3 Å². The van der Waals surface area contributed by atoms with Crippen molar-refractivity contribution in [3.8, 4) is 0 Å². The second kappa shape index (κ2) is 6.38. The third-order valence-electron chi connectivity index (χ3n) is 3.62. The standard InChI is InChI=1S/C15H18N6O/c1-12(22)20-8-10-21(11-9-20)15-6-5-14(18-19-15)17-13-4-2-3-7-16-13/h2-7H,8-11H2,1H3,(H,16,17,18). The van der Waals surface area contributed by atoms with E-state index < -0.39 is 0 Å². The summed E-state index contributed by atoms with van der Waals surface area (Å²) in [4.78, 5) is 19.5. The molecule has 1 aliphatic heterocycles. The smallest absolute Gasteiger partial charge is 0.219 e. The molecule has 0 radical (unpaired) electrons. The fourth-order valence-electron chi connectivity index (χ4n) is 2.38. The largest absolute Gasteiger partial charge is 0.352 e. The Morgan fingerprint density at radius 2 is 1.86 bits per heavy atom. The molecule has 1 N–H and O–H groups in total. The lowest BCUT2D eigenvalue weighted by molar-refractivity contribution is -0.129. The Balaban J connectivity index is 1.61. The number of hydrogen-bond acceptors (Lipinski definition) is 6. The summed E-state index contributed by atoms with van der Waals surface area (Å²) in [5, 5.41) is 11.5. The molecule has 7 heteroatoms. The number of nitrogens with zero attached hydrogens (tertiary/aromatic N) is 5. The minimum absolute atomic E-state index is 0.126. The highest BCUT2D eigenvalue weighted by Crippen LogP contribution is 2.16. The molecule has 0 spiro atoms. The van der Waals surface area contributed by atoms with Gasteiger partial charge < -0.3 is 15.1 Å². The van der Waals surface area contributed by atoms with E-state index in [1.165, 1.54) is 0 Å². The predicted octanol–water partition coefficient (Wildman–Crippen LogP) is 1.28. The maximum absolute atomic E-state index is 11.3. The Morgan fingerprint density at radius 1 is 1.05 bits per heavy atom. The van der Waals surface area contributed by atoms with E-state index in [1.54, 1.807) is 13.1 Å². The minimum atomic E-state index is 0.126. The Bertz CT molecular complexity index is 622. The van der Waals surface area contributed by atoms with E-state index in [0.717, 1.165) is 37.8 Å². The van der Waals surface area contributed by atoms with Crippen molar-refractivity contribution in [3.63, 3.8) is 0 Å². The molecule has 0 bridgehead atoms. The monoisotopic (exact) mass is 298 g/mol. The Morgan fingerprint density at radius 3 is 2.45 bits per heavy atom. The Hall–Kier alpha value is -2.70. The number of piperazine rings is 1. The molecule has 114 valence electrons. The lowest BCUT2D eigenvalue weighted by atomic mass is 10.3. The first-order valence-corrected chi connectivity index (χ1v) is 7.24. The second-order valence-corrected chi connectivity index (χ2v) is 5.11. The van der Waals surface area contributed by atoms with Gasteiger partial charge in [0, 0.05) is 39.3 Å². The van der Waals surface area contributed by atoms with Gasteiger partial charge in [0.2, 0.25) is 5.91 Å².